The maximum atomic E-state index is 12.8. The number of hydrogen-bond acceptors (Lipinski definition) is 3. The van der Waals surface area contributed by atoms with Crippen LogP contribution in [0.25, 0.3) is 0 Å². The van der Waals surface area contributed by atoms with Crippen LogP contribution < -0.4 is 15.4 Å². The molecule has 3 aromatic rings. The van der Waals surface area contributed by atoms with Crippen molar-refractivity contribution in [1.82, 2.24) is 10.6 Å². The van der Waals surface area contributed by atoms with Crippen molar-refractivity contribution in [3.63, 3.8) is 0 Å². The number of benzene rings is 3. The van der Waals surface area contributed by atoms with E-state index in [0.717, 1.165) is 0 Å². The molecule has 7 heteroatoms. The zero-order valence-electron chi connectivity index (χ0n) is 16.2. The first kappa shape index (κ1) is 21.7. The molecule has 0 spiro atoms. The van der Waals surface area contributed by atoms with Gasteiger partial charge in [0, 0.05) is 21.2 Å². The van der Waals surface area contributed by atoms with E-state index < -0.39 is 6.17 Å². The van der Waals surface area contributed by atoms with Crippen LogP contribution in [0.4, 0.5) is 0 Å². The highest BCUT2D eigenvalue weighted by molar-refractivity contribution is 6.31. The number of nitrogens with one attached hydrogen (secondary N) is 2. The summed E-state index contributed by atoms with van der Waals surface area (Å²) < 4.78 is 5.55. The minimum atomic E-state index is -0.802. The van der Waals surface area contributed by atoms with Crippen molar-refractivity contribution in [3.05, 3.63) is 99.5 Å². The predicted molar refractivity (Wildman–Crippen MR) is 118 cm³/mol. The smallest absolute Gasteiger partial charge is 0.253 e. The molecular weight excluding hydrogens is 423 g/mol. The minimum Gasteiger partial charge on any atom is -0.494 e. The molecule has 0 heterocycles. The fraction of sp³-hybridized carbons (Fsp3) is 0.130. The lowest BCUT2D eigenvalue weighted by Gasteiger charge is -2.21. The Kier molecular flexibility index (Phi) is 7.33. The molecule has 30 heavy (non-hydrogen) atoms. The van der Waals surface area contributed by atoms with Gasteiger partial charge in [0.25, 0.3) is 11.8 Å². The number of halogens is 2. The topological polar surface area (TPSA) is 67.4 Å². The Hall–Kier alpha value is -3.02. The predicted octanol–water partition coefficient (Wildman–Crippen LogP) is 5.25. The number of ether oxygens (including phenoxy) is 1. The van der Waals surface area contributed by atoms with Crippen molar-refractivity contribution in [2.75, 3.05) is 6.61 Å². The van der Waals surface area contributed by atoms with E-state index in [-0.39, 0.29) is 11.8 Å². The second kappa shape index (κ2) is 10.1. The first-order valence-electron chi connectivity index (χ1n) is 9.32. The molecule has 0 radical (unpaired) electrons. The van der Waals surface area contributed by atoms with Gasteiger partial charge in [-0.15, -0.1) is 0 Å². The first-order valence-corrected chi connectivity index (χ1v) is 10.1. The highest BCUT2D eigenvalue weighted by atomic mass is 35.5. The molecule has 0 atom stereocenters. The fourth-order valence-corrected chi connectivity index (χ4v) is 3.22. The van der Waals surface area contributed by atoms with Gasteiger partial charge in [0.05, 0.1) is 6.61 Å². The third-order valence-corrected chi connectivity index (χ3v) is 4.70. The van der Waals surface area contributed by atoms with E-state index in [1.807, 2.05) is 13.0 Å². The van der Waals surface area contributed by atoms with Crippen LogP contribution in [0.3, 0.4) is 0 Å². The monoisotopic (exact) mass is 442 g/mol. The molecule has 0 unspecified atom stereocenters. The molecule has 3 rings (SSSR count). The van der Waals surface area contributed by atoms with Crippen LogP contribution in [0.5, 0.6) is 5.75 Å². The summed E-state index contributed by atoms with van der Waals surface area (Å²) in [5.41, 5.74) is 1.42. The fourth-order valence-electron chi connectivity index (χ4n) is 2.84. The van der Waals surface area contributed by atoms with Gasteiger partial charge in [-0.05, 0) is 61.0 Å². The number of carbonyl (C=O) groups excluding carboxylic acids is 2. The van der Waals surface area contributed by atoms with Crippen LogP contribution >= 0.6 is 23.2 Å². The molecular formula is C23H20Cl2N2O3. The summed E-state index contributed by atoms with van der Waals surface area (Å²) in [6, 6.07) is 20.3. The number of rotatable bonds is 7. The van der Waals surface area contributed by atoms with Gasteiger partial charge < -0.3 is 15.4 Å². The van der Waals surface area contributed by atoms with Crippen molar-refractivity contribution in [2.24, 2.45) is 0 Å². The molecule has 0 fully saturated rings. The van der Waals surface area contributed by atoms with Gasteiger partial charge in [0.2, 0.25) is 0 Å². The summed E-state index contributed by atoms with van der Waals surface area (Å²) in [6.45, 7) is 2.38. The largest absolute Gasteiger partial charge is 0.494 e. The Bertz CT molecular complexity index is 996. The molecule has 0 aromatic heterocycles. The lowest BCUT2D eigenvalue weighted by molar-refractivity contribution is 0.0883. The second-order valence-electron chi connectivity index (χ2n) is 6.41. The van der Waals surface area contributed by atoms with Crippen LogP contribution in [0.15, 0.2) is 72.8 Å². The molecule has 0 saturated carbocycles. The maximum absolute atomic E-state index is 12.8. The standard InChI is InChI=1S/C23H20Cl2N2O3/c1-2-30-20-11-5-6-15(14-20)21(26-22(28)16-7-3-9-18(24)12-16)27-23(29)17-8-4-10-19(25)13-17/h3-14,21H,2H2,1H3,(H,26,28)(H,27,29). The zero-order chi connectivity index (χ0) is 21.5. The lowest BCUT2D eigenvalue weighted by Crippen LogP contribution is -2.41. The summed E-state index contributed by atoms with van der Waals surface area (Å²) >= 11 is 12.0. The molecule has 0 aliphatic heterocycles. The number of carbonyl (C=O) groups is 2. The Morgan fingerprint density at radius 1 is 0.833 bits per heavy atom. The van der Waals surface area contributed by atoms with E-state index in [9.17, 15) is 9.59 Å². The van der Waals surface area contributed by atoms with Crippen LogP contribution in [-0.2, 0) is 0 Å². The Morgan fingerprint density at radius 2 is 1.37 bits per heavy atom. The molecule has 3 aromatic carbocycles. The zero-order valence-corrected chi connectivity index (χ0v) is 17.7. The van der Waals surface area contributed by atoms with Gasteiger partial charge in [0.1, 0.15) is 11.9 Å². The third-order valence-electron chi connectivity index (χ3n) is 4.23. The average Bonchev–Trinajstić information content (AvgIpc) is 2.73. The quantitative estimate of drug-likeness (QED) is 0.490. The molecule has 2 amide bonds. The summed E-state index contributed by atoms with van der Waals surface area (Å²) in [5, 5.41) is 6.58. The summed E-state index contributed by atoms with van der Waals surface area (Å²) in [6.07, 6.45) is -0.802. The van der Waals surface area contributed by atoms with Gasteiger partial charge in [-0.1, -0.05) is 47.5 Å². The molecule has 0 aliphatic carbocycles. The molecule has 0 saturated heterocycles. The van der Waals surface area contributed by atoms with Gasteiger partial charge >= 0.3 is 0 Å². The third kappa shape index (κ3) is 5.75. The Labute approximate surface area is 185 Å². The van der Waals surface area contributed by atoms with Crippen LogP contribution in [-0.4, -0.2) is 18.4 Å². The van der Waals surface area contributed by atoms with Gasteiger partial charge in [-0.3, -0.25) is 9.59 Å². The normalized spacial score (nSPS) is 10.5. The molecule has 5 nitrogen and oxygen atoms in total. The highest BCUT2D eigenvalue weighted by Gasteiger charge is 2.20. The lowest BCUT2D eigenvalue weighted by atomic mass is 10.1. The summed E-state index contributed by atoms with van der Waals surface area (Å²) in [5.74, 6) is -0.125. The second-order valence-corrected chi connectivity index (χ2v) is 7.28. The van der Waals surface area contributed by atoms with Gasteiger partial charge in [0.15, 0.2) is 0 Å². The molecule has 0 aliphatic rings. The Morgan fingerprint density at radius 3 is 1.87 bits per heavy atom. The van der Waals surface area contributed by atoms with Crippen molar-refractivity contribution in [1.29, 1.82) is 0 Å². The average molecular weight is 443 g/mol. The van der Waals surface area contributed by atoms with Crippen LogP contribution in [0.2, 0.25) is 10.0 Å². The molecule has 2 N–H and O–H groups in total. The van der Waals surface area contributed by atoms with Crippen molar-refractivity contribution >= 4 is 35.0 Å². The summed E-state index contributed by atoms with van der Waals surface area (Å²) in [4.78, 5) is 25.6. The number of amides is 2. The van der Waals surface area contributed by atoms with Crippen molar-refractivity contribution in [3.8, 4) is 5.75 Å². The SMILES string of the molecule is CCOc1cccc(C(NC(=O)c2cccc(Cl)c2)NC(=O)c2cccc(Cl)c2)c1. The molecule has 154 valence electrons. The highest BCUT2D eigenvalue weighted by Crippen LogP contribution is 2.20. The van der Waals surface area contributed by atoms with E-state index >= 15 is 0 Å². The van der Waals surface area contributed by atoms with E-state index in [0.29, 0.717) is 39.1 Å². The number of hydrogen-bond donors (Lipinski definition) is 2. The van der Waals surface area contributed by atoms with Gasteiger partial charge in [-0.2, -0.15) is 0 Å². The maximum Gasteiger partial charge on any atom is 0.253 e. The summed E-state index contributed by atoms with van der Waals surface area (Å²) in [7, 11) is 0. The van der Waals surface area contributed by atoms with E-state index in [4.69, 9.17) is 27.9 Å². The van der Waals surface area contributed by atoms with E-state index in [1.165, 1.54) is 0 Å². The van der Waals surface area contributed by atoms with Gasteiger partial charge in [-0.25, -0.2) is 0 Å². The minimum absolute atomic E-state index is 0.379. The van der Waals surface area contributed by atoms with E-state index in [2.05, 4.69) is 10.6 Å². The first-order chi connectivity index (χ1) is 14.5. The Balaban J connectivity index is 1.88. The van der Waals surface area contributed by atoms with E-state index in [1.54, 1.807) is 66.7 Å². The van der Waals surface area contributed by atoms with Crippen molar-refractivity contribution < 1.29 is 14.3 Å². The molecule has 0 bridgehead atoms. The van der Waals surface area contributed by atoms with Crippen LogP contribution in [0, 0.1) is 0 Å². The van der Waals surface area contributed by atoms with Crippen molar-refractivity contribution in [2.45, 2.75) is 13.1 Å². The van der Waals surface area contributed by atoms with Crippen LogP contribution in [0.1, 0.15) is 39.4 Å².